The molecule has 21 heavy (non-hydrogen) atoms. The average molecular weight is 285 g/mol. The van der Waals surface area contributed by atoms with Crippen LogP contribution in [0.5, 0.6) is 0 Å². The fraction of sp³-hybridized carbons (Fsp3) is 0.375. The van der Waals surface area contributed by atoms with Gasteiger partial charge in [-0.2, -0.15) is 0 Å². The fourth-order valence-electron chi connectivity index (χ4n) is 2.01. The molecular formula is C16H23N5. The van der Waals surface area contributed by atoms with Gasteiger partial charge >= 0.3 is 0 Å². The predicted octanol–water partition coefficient (Wildman–Crippen LogP) is 1.95. The molecule has 0 aliphatic carbocycles. The van der Waals surface area contributed by atoms with Crippen molar-refractivity contribution in [3.8, 4) is 0 Å². The first kappa shape index (κ1) is 15.1. The molecule has 0 aliphatic rings. The van der Waals surface area contributed by atoms with E-state index in [9.17, 15) is 0 Å². The van der Waals surface area contributed by atoms with Crippen LogP contribution in [0.15, 0.2) is 47.7 Å². The van der Waals surface area contributed by atoms with E-state index in [1.807, 2.05) is 37.3 Å². The first-order chi connectivity index (χ1) is 10.3. The lowest BCUT2D eigenvalue weighted by atomic mass is 10.3. The van der Waals surface area contributed by atoms with E-state index in [4.69, 9.17) is 0 Å². The molecule has 0 spiro atoms. The summed E-state index contributed by atoms with van der Waals surface area (Å²) in [5, 5.41) is 6.58. The third-order valence-corrected chi connectivity index (χ3v) is 3.02. The Morgan fingerprint density at radius 2 is 2.00 bits per heavy atom. The molecule has 2 heterocycles. The van der Waals surface area contributed by atoms with Crippen LogP contribution in [-0.4, -0.2) is 28.6 Å². The number of rotatable bonds is 6. The van der Waals surface area contributed by atoms with E-state index < -0.39 is 0 Å². The average Bonchev–Trinajstić information content (AvgIpc) is 2.98. The van der Waals surface area contributed by atoms with Crippen LogP contribution < -0.4 is 10.6 Å². The number of nitrogens with zero attached hydrogens (tertiary/aromatic N) is 3. The van der Waals surface area contributed by atoms with Crippen LogP contribution in [0.3, 0.4) is 0 Å². The highest BCUT2D eigenvalue weighted by molar-refractivity contribution is 5.79. The summed E-state index contributed by atoms with van der Waals surface area (Å²) in [6.45, 7) is 7.24. The van der Waals surface area contributed by atoms with Crippen LogP contribution in [0.2, 0.25) is 0 Å². The lowest BCUT2D eigenvalue weighted by molar-refractivity contribution is 0.665. The number of guanidine groups is 1. The molecule has 0 unspecified atom stereocenters. The van der Waals surface area contributed by atoms with Gasteiger partial charge < -0.3 is 15.2 Å². The van der Waals surface area contributed by atoms with Crippen molar-refractivity contribution < 1.29 is 0 Å². The second kappa shape index (κ2) is 8.09. The molecule has 2 rings (SSSR count). The SMILES string of the molecule is CCNC(=NCc1cccc(C)n1)NCCn1cccc1. The zero-order valence-electron chi connectivity index (χ0n) is 12.7. The summed E-state index contributed by atoms with van der Waals surface area (Å²) in [7, 11) is 0. The van der Waals surface area contributed by atoms with Gasteiger partial charge in [-0.05, 0) is 38.1 Å². The van der Waals surface area contributed by atoms with Gasteiger partial charge in [-0.1, -0.05) is 6.07 Å². The molecule has 0 aromatic carbocycles. The minimum absolute atomic E-state index is 0.584. The monoisotopic (exact) mass is 285 g/mol. The molecule has 5 heteroatoms. The minimum Gasteiger partial charge on any atom is -0.357 e. The van der Waals surface area contributed by atoms with Crippen molar-refractivity contribution in [2.24, 2.45) is 4.99 Å². The van der Waals surface area contributed by atoms with Crippen molar-refractivity contribution in [1.82, 2.24) is 20.2 Å². The Morgan fingerprint density at radius 1 is 1.19 bits per heavy atom. The minimum atomic E-state index is 0.584. The third kappa shape index (κ3) is 5.30. The molecule has 2 aromatic heterocycles. The zero-order chi connectivity index (χ0) is 14.9. The topological polar surface area (TPSA) is 54.2 Å². The number of nitrogens with one attached hydrogen (secondary N) is 2. The Balaban J connectivity index is 1.86. The van der Waals surface area contributed by atoms with Crippen LogP contribution in [0.4, 0.5) is 0 Å². The van der Waals surface area contributed by atoms with Crippen molar-refractivity contribution >= 4 is 5.96 Å². The maximum atomic E-state index is 4.57. The van der Waals surface area contributed by atoms with Gasteiger partial charge in [-0.25, -0.2) is 4.99 Å². The first-order valence-electron chi connectivity index (χ1n) is 7.33. The van der Waals surface area contributed by atoms with E-state index in [0.29, 0.717) is 6.54 Å². The van der Waals surface area contributed by atoms with Crippen molar-refractivity contribution in [3.05, 3.63) is 54.1 Å². The van der Waals surface area contributed by atoms with E-state index in [-0.39, 0.29) is 0 Å². The molecule has 2 N–H and O–H groups in total. The van der Waals surface area contributed by atoms with Gasteiger partial charge in [0.15, 0.2) is 5.96 Å². The predicted molar refractivity (Wildman–Crippen MR) is 86.2 cm³/mol. The summed E-state index contributed by atoms with van der Waals surface area (Å²) in [6.07, 6.45) is 4.12. The first-order valence-corrected chi connectivity index (χ1v) is 7.33. The van der Waals surface area contributed by atoms with E-state index in [1.54, 1.807) is 0 Å². The molecule has 0 amide bonds. The highest BCUT2D eigenvalue weighted by atomic mass is 15.2. The molecule has 0 aliphatic heterocycles. The summed E-state index contributed by atoms with van der Waals surface area (Å²) in [4.78, 5) is 9.03. The summed E-state index contributed by atoms with van der Waals surface area (Å²) in [5.74, 6) is 0.827. The smallest absolute Gasteiger partial charge is 0.191 e. The highest BCUT2D eigenvalue weighted by Gasteiger charge is 1.98. The Bertz CT molecular complexity index is 560. The van der Waals surface area contributed by atoms with Crippen molar-refractivity contribution in [3.63, 3.8) is 0 Å². The maximum absolute atomic E-state index is 4.57. The van der Waals surface area contributed by atoms with E-state index in [0.717, 1.165) is 37.0 Å². The number of pyridine rings is 1. The molecule has 112 valence electrons. The van der Waals surface area contributed by atoms with Gasteiger partial charge in [-0.3, -0.25) is 4.98 Å². The number of aliphatic imine (C=N–C) groups is 1. The lowest BCUT2D eigenvalue weighted by Crippen LogP contribution is -2.38. The van der Waals surface area contributed by atoms with Crippen LogP contribution in [0.1, 0.15) is 18.3 Å². The van der Waals surface area contributed by atoms with Gasteiger partial charge in [-0.15, -0.1) is 0 Å². The Hall–Kier alpha value is -2.30. The standard InChI is InChI=1S/C16H23N5/c1-3-17-16(18-9-12-21-10-4-5-11-21)19-13-15-8-6-7-14(2)20-15/h4-8,10-11H,3,9,12-13H2,1-2H3,(H2,17,18,19). The normalized spacial score (nSPS) is 11.4. The molecular weight excluding hydrogens is 262 g/mol. The van der Waals surface area contributed by atoms with Crippen molar-refractivity contribution in [2.45, 2.75) is 26.9 Å². The van der Waals surface area contributed by atoms with Crippen LogP contribution in [0, 0.1) is 6.92 Å². The quantitative estimate of drug-likeness (QED) is 0.630. The molecule has 0 radical (unpaired) electrons. The van der Waals surface area contributed by atoms with Gasteiger partial charge in [0.2, 0.25) is 0 Å². The van der Waals surface area contributed by atoms with Gasteiger partial charge in [0, 0.05) is 37.7 Å². The molecule has 5 nitrogen and oxygen atoms in total. The van der Waals surface area contributed by atoms with Crippen molar-refractivity contribution in [2.75, 3.05) is 13.1 Å². The zero-order valence-corrected chi connectivity index (χ0v) is 12.7. The summed E-state index contributed by atoms with van der Waals surface area (Å²) >= 11 is 0. The molecule has 0 fully saturated rings. The number of aryl methyl sites for hydroxylation is 1. The summed E-state index contributed by atoms with van der Waals surface area (Å²) < 4.78 is 2.14. The molecule has 0 saturated heterocycles. The van der Waals surface area contributed by atoms with E-state index >= 15 is 0 Å². The largest absolute Gasteiger partial charge is 0.357 e. The van der Waals surface area contributed by atoms with Crippen LogP contribution in [0.25, 0.3) is 0 Å². The van der Waals surface area contributed by atoms with E-state index in [2.05, 4.69) is 44.5 Å². The molecule has 0 bridgehead atoms. The number of hydrogen-bond acceptors (Lipinski definition) is 2. The summed E-state index contributed by atoms with van der Waals surface area (Å²) in [5.41, 5.74) is 2.01. The van der Waals surface area contributed by atoms with Crippen molar-refractivity contribution in [1.29, 1.82) is 0 Å². The maximum Gasteiger partial charge on any atom is 0.191 e. The molecule has 0 atom stereocenters. The van der Waals surface area contributed by atoms with E-state index in [1.165, 1.54) is 0 Å². The second-order valence-corrected chi connectivity index (χ2v) is 4.81. The van der Waals surface area contributed by atoms with Crippen LogP contribution in [-0.2, 0) is 13.1 Å². The molecule has 2 aromatic rings. The Labute approximate surface area is 126 Å². The van der Waals surface area contributed by atoms with Crippen LogP contribution >= 0.6 is 0 Å². The summed E-state index contributed by atoms with van der Waals surface area (Å²) in [6, 6.07) is 10.1. The van der Waals surface area contributed by atoms with Gasteiger partial charge in [0.25, 0.3) is 0 Å². The number of hydrogen-bond donors (Lipinski definition) is 2. The van der Waals surface area contributed by atoms with Gasteiger partial charge in [0.05, 0.1) is 12.2 Å². The highest BCUT2D eigenvalue weighted by Crippen LogP contribution is 1.99. The third-order valence-electron chi connectivity index (χ3n) is 3.02. The number of aromatic nitrogens is 2. The fourth-order valence-corrected chi connectivity index (χ4v) is 2.01. The molecule has 0 saturated carbocycles. The second-order valence-electron chi connectivity index (χ2n) is 4.81. The Morgan fingerprint density at radius 3 is 2.71 bits per heavy atom. The van der Waals surface area contributed by atoms with Gasteiger partial charge in [0.1, 0.15) is 0 Å². The lowest BCUT2D eigenvalue weighted by Gasteiger charge is -2.11. The Kier molecular flexibility index (Phi) is 5.82.